The summed E-state index contributed by atoms with van der Waals surface area (Å²) in [5.41, 5.74) is 4.04. The Morgan fingerprint density at radius 1 is 1.15 bits per heavy atom. The Labute approximate surface area is 267 Å². The van der Waals surface area contributed by atoms with Crippen molar-refractivity contribution in [3.05, 3.63) is 40.3 Å². The lowest BCUT2D eigenvalue weighted by Gasteiger charge is -2.36. The molecular weight excluding hydrogens is 591 g/mol. The fourth-order valence-corrected chi connectivity index (χ4v) is 7.39. The van der Waals surface area contributed by atoms with Crippen molar-refractivity contribution in [2.45, 2.75) is 78.0 Å². The third-order valence-electron chi connectivity index (χ3n) is 9.56. The molecule has 3 aliphatic rings. The average Bonchev–Trinajstić information content (AvgIpc) is 3.76. The molecule has 0 amide bonds. The molecule has 3 aromatic heterocycles. The fraction of sp³-hybridized carbons (Fsp3) is 0.529. The lowest BCUT2D eigenvalue weighted by molar-refractivity contribution is -0.160. The highest BCUT2D eigenvalue weighted by Crippen LogP contribution is 2.45. The molecule has 0 aliphatic carbocycles. The van der Waals surface area contributed by atoms with Gasteiger partial charge in [0, 0.05) is 60.5 Å². The van der Waals surface area contributed by atoms with Crippen molar-refractivity contribution in [1.82, 2.24) is 24.6 Å². The number of pyridine rings is 1. The highest BCUT2D eigenvalue weighted by Gasteiger charge is 2.36. The van der Waals surface area contributed by atoms with E-state index < -0.39 is 23.5 Å². The van der Waals surface area contributed by atoms with Gasteiger partial charge in [-0.1, -0.05) is 5.10 Å². The van der Waals surface area contributed by atoms with Crippen molar-refractivity contribution in [2.75, 3.05) is 37.7 Å². The molecule has 1 N–H and O–H groups in total. The monoisotopic (exact) mass is 632 g/mol. The van der Waals surface area contributed by atoms with Crippen LogP contribution in [0.2, 0.25) is 0 Å². The Kier molecular flexibility index (Phi) is 7.55. The van der Waals surface area contributed by atoms with Gasteiger partial charge in [0.2, 0.25) is 0 Å². The summed E-state index contributed by atoms with van der Waals surface area (Å²) in [6, 6.07) is 4.32. The van der Waals surface area contributed by atoms with E-state index in [1.165, 1.54) is 18.9 Å². The van der Waals surface area contributed by atoms with Crippen LogP contribution in [0.4, 0.5) is 10.4 Å². The van der Waals surface area contributed by atoms with Gasteiger partial charge in [0.1, 0.15) is 11.3 Å². The van der Waals surface area contributed by atoms with Gasteiger partial charge in [-0.2, -0.15) is 0 Å². The summed E-state index contributed by atoms with van der Waals surface area (Å²) in [4.78, 5) is 22.4. The van der Waals surface area contributed by atoms with E-state index in [0.717, 1.165) is 43.7 Å². The number of hydrogen-bond donors (Lipinski definition) is 1. The Bertz CT molecular complexity index is 1840. The minimum absolute atomic E-state index is 0.266. The maximum Gasteiger partial charge on any atom is 0.337 e. The maximum absolute atomic E-state index is 15.7. The topological polar surface area (TPSA) is 119 Å². The molecule has 2 atom stereocenters. The predicted octanol–water partition coefficient (Wildman–Crippen LogP) is 5.60. The number of aliphatic carboxylic acids is 1. The lowest BCUT2D eigenvalue weighted by atomic mass is 9.86. The number of carboxylic acid groups (broad SMARTS) is 1. The zero-order chi connectivity index (χ0) is 32.5. The van der Waals surface area contributed by atoms with Gasteiger partial charge in [-0.25, -0.2) is 14.2 Å². The number of fused-ring (bicyclic) bond motifs is 3. The zero-order valence-corrected chi connectivity index (χ0v) is 27.3. The second kappa shape index (κ2) is 11.3. The maximum atomic E-state index is 15.7. The molecule has 2 fully saturated rings. The molecule has 0 unspecified atom stereocenters. The molecule has 11 nitrogen and oxygen atoms in total. The van der Waals surface area contributed by atoms with Gasteiger partial charge in [-0.15, -0.1) is 5.10 Å². The first-order chi connectivity index (χ1) is 21.9. The van der Waals surface area contributed by atoms with Gasteiger partial charge >= 0.3 is 12.0 Å². The summed E-state index contributed by atoms with van der Waals surface area (Å²) >= 11 is 0. The van der Waals surface area contributed by atoms with Crippen molar-refractivity contribution in [2.24, 2.45) is 7.05 Å². The number of carbonyl (C=O) groups is 1. The van der Waals surface area contributed by atoms with E-state index >= 15 is 4.39 Å². The Morgan fingerprint density at radius 3 is 2.72 bits per heavy atom. The van der Waals surface area contributed by atoms with E-state index in [2.05, 4.69) is 20.0 Å². The Balaban J connectivity index is 1.42. The van der Waals surface area contributed by atoms with Crippen LogP contribution < -0.4 is 9.64 Å². The molecule has 1 aromatic carbocycles. The molecule has 0 saturated carbocycles. The van der Waals surface area contributed by atoms with Crippen molar-refractivity contribution in [3.8, 4) is 28.5 Å². The van der Waals surface area contributed by atoms with Gasteiger partial charge in [0.15, 0.2) is 17.7 Å². The number of piperazine rings is 1. The fourth-order valence-electron chi connectivity index (χ4n) is 7.39. The van der Waals surface area contributed by atoms with Gasteiger partial charge in [-0.3, -0.25) is 4.90 Å². The summed E-state index contributed by atoms with van der Waals surface area (Å²) in [6.07, 6.45) is 2.46. The van der Waals surface area contributed by atoms with E-state index in [0.29, 0.717) is 70.1 Å². The number of ether oxygens (including phenoxy) is 2. The van der Waals surface area contributed by atoms with Gasteiger partial charge in [0.05, 0.1) is 12.2 Å². The van der Waals surface area contributed by atoms with Crippen molar-refractivity contribution in [1.29, 1.82) is 0 Å². The van der Waals surface area contributed by atoms with E-state index in [4.69, 9.17) is 18.9 Å². The van der Waals surface area contributed by atoms with Crippen LogP contribution in [0.25, 0.3) is 33.7 Å². The molecular formula is C34H41FN6O5. The first-order valence-corrected chi connectivity index (χ1v) is 16.1. The number of halogens is 1. The van der Waals surface area contributed by atoms with E-state index in [9.17, 15) is 9.90 Å². The molecule has 7 rings (SSSR count). The highest BCUT2D eigenvalue weighted by molar-refractivity contribution is 6.01. The molecule has 3 aliphatic heterocycles. The average molecular weight is 633 g/mol. The number of hydrogen-bond acceptors (Lipinski definition) is 9. The third kappa shape index (κ3) is 5.21. The molecule has 4 aromatic rings. The van der Waals surface area contributed by atoms with Crippen LogP contribution in [0.5, 0.6) is 5.75 Å². The molecule has 2 saturated heterocycles. The SMILES string of the molecule is Cc1nc2c(cc(-c3nnc(N4CCN5CCC[C@H]5C4)o3)n2C)c(-c2cc(F)c3c(c2C)CCCO3)c1[C@H](OC(C)(C)C)C(=O)O. The molecule has 12 heteroatoms. The largest absolute Gasteiger partial charge is 0.490 e. The quantitative estimate of drug-likeness (QED) is 0.288. The smallest absolute Gasteiger partial charge is 0.337 e. The second-order valence-electron chi connectivity index (χ2n) is 13.7. The number of carboxylic acids is 1. The second-order valence-corrected chi connectivity index (χ2v) is 13.7. The number of aryl methyl sites for hydroxylation is 2. The van der Waals surface area contributed by atoms with Crippen LogP contribution in [0, 0.1) is 19.7 Å². The van der Waals surface area contributed by atoms with Crippen LogP contribution in [-0.4, -0.2) is 80.2 Å². The number of benzene rings is 1. The molecule has 0 spiro atoms. The Hall–Kier alpha value is -4.03. The molecule has 6 heterocycles. The van der Waals surface area contributed by atoms with Crippen LogP contribution in [-0.2, 0) is 23.0 Å². The summed E-state index contributed by atoms with van der Waals surface area (Å²) in [5, 5.41) is 20.0. The van der Waals surface area contributed by atoms with Gasteiger partial charge in [-0.05, 0) is 90.1 Å². The van der Waals surface area contributed by atoms with Gasteiger partial charge in [0.25, 0.3) is 5.89 Å². The summed E-state index contributed by atoms with van der Waals surface area (Å²) in [7, 11) is 1.86. The Morgan fingerprint density at radius 2 is 1.96 bits per heavy atom. The van der Waals surface area contributed by atoms with Crippen LogP contribution in [0.3, 0.4) is 0 Å². The van der Waals surface area contributed by atoms with E-state index in [1.54, 1.807) is 6.92 Å². The first-order valence-electron chi connectivity index (χ1n) is 16.1. The molecule has 46 heavy (non-hydrogen) atoms. The summed E-state index contributed by atoms with van der Waals surface area (Å²) < 4.78 is 35.8. The number of nitrogens with zero attached hydrogens (tertiary/aromatic N) is 6. The van der Waals surface area contributed by atoms with Crippen LogP contribution >= 0.6 is 0 Å². The number of aromatic nitrogens is 4. The normalized spacial score (nSPS) is 19.3. The third-order valence-corrected chi connectivity index (χ3v) is 9.56. The zero-order valence-electron chi connectivity index (χ0n) is 27.3. The highest BCUT2D eigenvalue weighted by atomic mass is 19.1. The van der Waals surface area contributed by atoms with E-state index in [-0.39, 0.29) is 5.75 Å². The van der Waals surface area contributed by atoms with Crippen LogP contribution in [0.15, 0.2) is 16.5 Å². The van der Waals surface area contributed by atoms with E-state index in [1.807, 2.05) is 45.4 Å². The minimum atomic E-state index is -1.35. The molecule has 0 bridgehead atoms. The lowest BCUT2D eigenvalue weighted by Crippen LogP contribution is -2.50. The predicted molar refractivity (Wildman–Crippen MR) is 171 cm³/mol. The minimum Gasteiger partial charge on any atom is -0.490 e. The molecule has 244 valence electrons. The number of rotatable bonds is 6. The number of anilines is 1. The summed E-state index contributed by atoms with van der Waals surface area (Å²) in [6.45, 7) is 13.4. The van der Waals surface area contributed by atoms with Crippen molar-refractivity contribution >= 4 is 23.0 Å². The van der Waals surface area contributed by atoms with Crippen molar-refractivity contribution < 1.29 is 28.2 Å². The van der Waals surface area contributed by atoms with Crippen molar-refractivity contribution in [3.63, 3.8) is 0 Å². The summed E-state index contributed by atoms with van der Waals surface area (Å²) in [5.74, 6) is -1.04. The van der Waals surface area contributed by atoms with Gasteiger partial charge < -0.3 is 28.5 Å². The van der Waals surface area contributed by atoms with Crippen LogP contribution in [0.1, 0.15) is 68.5 Å². The first kappa shape index (κ1) is 30.6. The molecule has 0 radical (unpaired) electrons. The standard InChI is InChI=1S/C34H41FN6O5/c1-18-21-10-8-14-44-28(21)24(35)15-22(18)27-23-16-25(31-37-38-33(45-31)41-13-12-40-11-7-9-20(40)17-41)39(6)30(23)36-19(2)26(27)29(32(42)43)46-34(3,4)5/h15-16,20,29H,7-14,17H2,1-6H3,(H,42,43)/t20-,29-/m0/s1.